The number of hydrogen-bond acceptors (Lipinski definition) is 8. The minimum Gasteiger partial charge on any atom is -0.507 e. The highest BCUT2D eigenvalue weighted by atomic mass is 32.2. The molecule has 0 radical (unpaired) electrons. The average Bonchev–Trinajstić information content (AvgIpc) is 3.69. The third kappa shape index (κ3) is 6.79. The van der Waals surface area contributed by atoms with E-state index in [1.165, 1.54) is 0 Å². The first-order chi connectivity index (χ1) is 22.7. The second kappa shape index (κ2) is 13.4. The number of hydrogen-bond donors (Lipinski definition) is 3. The van der Waals surface area contributed by atoms with Gasteiger partial charge in [0, 0.05) is 28.6 Å². The summed E-state index contributed by atoms with van der Waals surface area (Å²) in [5.41, 5.74) is 4.87. The summed E-state index contributed by atoms with van der Waals surface area (Å²) in [5, 5.41) is 29.9. The van der Waals surface area contributed by atoms with Gasteiger partial charge in [-0.3, -0.25) is 9.72 Å². The van der Waals surface area contributed by atoms with Gasteiger partial charge in [0.2, 0.25) is 0 Å². The molecule has 0 unspecified atom stereocenters. The van der Waals surface area contributed by atoms with Crippen LogP contribution in [-0.4, -0.2) is 48.9 Å². The van der Waals surface area contributed by atoms with E-state index in [-0.39, 0.29) is 16.5 Å². The Morgan fingerprint density at radius 2 is 1.79 bits per heavy atom. The Bertz CT molecular complexity index is 2070. The number of carbonyl (C=O) groups is 1. The summed E-state index contributed by atoms with van der Waals surface area (Å²) < 4.78 is 8.81. The lowest BCUT2D eigenvalue weighted by atomic mass is 10.1. The molecule has 3 aromatic carbocycles. The number of thioether (sulfide) groups is 1. The van der Waals surface area contributed by atoms with Gasteiger partial charge in [0.25, 0.3) is 0 Å². The van der Waals surface area contributed by atoms with Crippen molar-refractivity contribution in [2.45, 2.75) is 41.9 Å². The Labute approximate surface area is 281 Å². The summed E-state index contributed by atoms with van der Waals surface area (Å²) >= 11 is 3.26. The van der Waals surface area contributed by atoms with Crippen LogP contribution < -0.4 is 15.4 Å². The Morgan fingerprint density at radius 1 is 1.00 bits per heavy atom. The number of urea groups is 1. The van der Waals surface area contributed by atoms with Crippen molar-refractivity contribution in [1.82, 2.24) is 29.7 Å². The van der Waals surface area contributed by atoms with Gasteiger partial charge < -0.3 is 15.2 Å². The molecule has 0 aliphatic carbocycles. The van der Waals surface area contributed by atoms with E-state index >= 15 is 0 Å². The van der Waals surface area contributed by atoms with Crippen LogP contribution in [0.25, 0.3) is 22.7 Å². The van der Waals surface area contributed by atoms with Crippen molar-refractivity contribution >= 4 is 41.0 Å². The molecule has 2 amide bonds. The predicted molar refractivity (Wildman–Crippen MR) is 188 cm³/mol. The van der Waals surface area contributed by atoms with Crippen LogP contribution in [0.1, 0.15) is 30.7 Å². The number of pyridine rings is 1. The van der Waals surface area contributed by atoms with E-state index in [0.717, 1.165) is 38.0 Å². The Kier molecular flexibility index (Phi) is 9.15. The molecule has 6 rings (SSSR count). The maximum absolute atomic E-state index is 13.3. The van der Waals surface area contributed by atoms with Crippen LogP contribution in [-0.2, 0) is 11.3 Å². The summed E-state index contributed by atoms with van der Waals surface area (Å²) in [6.45, 7) is 6.50. The fraction of sp³-hybridized carbons (Fsp3) is 0.200. The molecule has 0 aliphatic heterocycles. The second-order valence-corrected chi connectivity index (χ2v) is 13.9. The third-order valence-electron chi connectivity index (χ3n) is 7.86. The van der Waals surface area contributed by atoms with E-state index in [1.807, 2.05) is 96.6 Å². The molecule has 3 aromatic heterocycles. The SMILES string of the molecule is COc1ccc(-n2nc(C(C)(C)SC)cc2NC(=O)NCc2ccccc2Sc2ccc3nnc(-c4ccccc4O)n3c2)cc1C. The summed E-state index contributed by atoms with van der Waals surface area (Å²) in [7, 11) is 1.65. The minimum absolute atomic E-state index is 0.140. The fourth-order valence-electron chi connectivity index (χ4n) is 5.05. The first kappa shape index (κ1) is 32.0. The number of aromatic hydroxyl groups is 1. The number of nitrogens with zero attached hydrogens (tertiary/aromatic N) is 5. The molecule has 240 valence electrons. The van der Waals surface area contributed by atoms with Crippen molar-refractivity contribution in [3.05, 3.63) is 108 Å². The smallest absolute Gasteiger partial charge is 0.320 e. The average molecular weight is 666 g/mol. The molecule has 12 heteroatoms. The summed E-state index contributed by atoms with van der Waals surface area (Å²) in [4.78, 5) is 15.3. The van der Waals surface area contributed by atoms with Crippen LogP contribution >= 0.6 is 23.5 Å². The Hall–Kier alpha value is -4.94. The molecule has 0 saturated heterocycles. The number of phenolic OH excluding ortho intramolecular Hbond substituents is 1. The number of ether oxygens (including phenoxy) is 1. The van der Waals surface area contributed by atoms with Gasteiger partial charge in [-0.25, -0.2) is 9.48 Å². The highest BCUT2D eigenvalue weighted by molar-refractivity contribution is 7.99. The van der Waals surface area contributed by atoms with Gasteiger partial charge in [0.1, 0.15) is 17.3 Å². The quantitative estimate of drug-likeness (QED) is 0.136. The van der Waals surface area contributed by atoms with Crippen molar-refractivity contribution in [1.29, 1.82) is 0 Å². The number of para-hydroxylation sites is 1. The molecule has 0 bridgehead atoms. The highest BCUT2D eigenvalue weighted by Gasteiger charge is 2.25. The fourth-order valence-corrected chi connectivity index (χ4v) is 6.33. The van der Waals surface area contributed by atoms with Gasteiger partial charge in [-0.2, -0.15) is 16.9 Å². The minimum atomic E-state index is -0.345. The second-order valence-electron chi connectivity index (χ2n) is 11.3. The molecule has 6 aromatic rings. The van der Waals surface area contributed by atoms with Crippen molar-refractivity contribution in [2.24, 2.45) is 0 Å². The van der Waals surface area contributed by atoms with E-state index < -0.39 is 0 Å². The molecule has 0 atom stereocenters. The number of rotatable bonds is 10. The molecule has 10 nitrogen and oxygen atoms in total. The molecular weight excluding hydrogens is 631 g/mol. The standard InChI is InChI=1S/C35H35N7O3S2/c1-22-18-24(14-16-28(22)45-4)42-32(19-30(40-42)35(2,3)46-5)37-34(44)36-20-23-10-6-9-13-29(23)47-25-15-17-31-38-39-33(41(31)21-25)26-11-7-8-12-27(26)43/h6-19,21,43H,20H2,1-5H3,(H2,36,37,44). The predicted octanol–water partition coefficient (Wildman–Crippen LogP) is 7.68. The Morgan fingerprint density at radius 3 is 2.55 bits per heavy atom. The molecule has 0 spiro atoms. The van der Waals surface area contributed by atoms with Crippen LogP contribution in [0.15, 0.2) is 101 Å². The molecule has 0 aliphatic rings. The number of fused-ring (bicyclic) bond motifs is 1. The number of anilines is 1. The van der Waals surface area contributed by atoms with Gasteiger partial charge in [0.05, 0.1) is 28.8 Å². The van der Waals surface area contributed by atoms with Crippen molar-refractivity contribution in [3.8, 4) is 28.6 Å². The van der Waals surface area contributed by atoms with Gasteiger partial charge in [-0.15, -0.1) is 10.2 Å². The number of amides is 2. The number of aromatic nitrogens is 5. The molecule has 47 heavy (non-hydrogen) atoms. The van der Waals surface area contributed by atoms with Crippen LogP contribution in [0.5, 0.6) is 11.5 Å². The van der Waals surface area contributed by atoms with E-state index in [9.17, 15) is 9.90 Å². The lowest BCUT2D eigenvalue weighted by Gasteiger charge is -2.18. The summed E-state index contributed by atoms with van der Waals surface area (Å²) in [6, 6.07) is 26.3. The maximum atomic E-state index is 13.3. The van der Waals surface area contributed by atoms with Gasteiger partial charge >= 0.3 is 6.03 Å². The first-order valence-corrected chi connectivity index (χ1v) is 17.0. The van der Waals surface area contributed by atoms with Crippen LogP contribution in [0, 0.1) is 6.92 Å². The maximum Gasteiger partial charge on any atom is 0.320 e. The van der Waals surface area contributed by atoms with E-state index in [4.69, 9.17) is 9.84 Å². The van der Waals surface area contributed by atoms with Gasteiger partial charge in [-0.1, -0.05) is 42.1 Å². The number of phenols is 1. The zero-order chi connectivity index (χ0) is 33.1. The summed E-state index contributed by atoms with van der Waals surface area (Å²) in [6.07, 6.45) is 4.00. The molecular formula is C35H35N7O3S2. The molecule has 3 heterocycles. The van der Waals surface area contributed by atoms with E-state index in [1.54, 1.807) is 47.4 Å². The molecule has 0 fully saturated rings. The number of carbonyl (C=O) groups excluding carboxylic acids is 1. The third-order valence-corrected chi connectivity index (χ3v) is 10.2. The zero-order valence-corrected chi connectivity index (χ0v) is 28.3. The van der Waals surface area contributed by atoms with E-state index in [2.05, 4.69) is 34.7 Å². The zero-order valence-electron chi connectivity index (χ0n) is 26.7. The van der Waals surface area contributed by atoms with Crippen molar-refractivity contribution in [2.75, 3.05) is 18.7 Å². The number of aryl methyl sites for hydroxylation is 1. The van der Waals surface area contributed by atoms with Crippen molar-refractivity contribution in [3.63, 3.8) is 0 Å². The number of benzene rings is 3. The van der Waals surface area contributed by atoms with Gasteiger partial charge in [0.15, 0.2) is 11.5 Å². The van der Waals surface area contributed by atoms with E-state index in [0.29, 0.717) is 29.4 Å². The van der Waals surface area contributed by atoms with Crippen LogP contribution in [0.2, 0.25) is 0 Å². The first-order valence-electron chi connectivity index (χ1n) is 14.9. The lowest BCUT2D eigenvalue weighted by Crippen LogP contribution is -2.29. The lowest BCUT2D eigenvalue weighted by molar-refractivity contribution is 0.251. The van der Waals surface area contributed by atoms with Crippen LogP contribution in [0.4, 0.5) is 10.6 Å². The highest BCUT2D eigenvalue weighted by Crippen LogP contribution is 2.36. The Balaban J connectivity index is 1.20. The summed E-state index contributed by atoms with van der Waals surface area (Å²) in [5.74, 6) is 2.04. The van der Waals surface area contributed by atoms with Crippen LogP contribution in [0.3, 0.4) is 0 Å². The molecule has 3 N–H and O–H groups in total. The monoisotopic (exact) mass is 665 g/mol. The van der Waals surface area contributed by atoms with Crippen molar-refractivity contribution < 1.29 is 14.6 Å². The topological polar surface area (TPSA) is 119 Å². The normalized spacial score (nSPS) is 11.5. The molecule has 0 saturated carbocycles. The number of methoxy groups -OCH3 is 1. The largest absolute Gasteiger partial charge is 0.507 e. The number of nitrogens with one attached hydrogen (secondary N) is 2. The van der Waals surface area contributed by atoms with Gasteiger partial charge in [-0.05, 0) is 86.7 Å².